The van der Waals surface area contributed by atoms with Crippen molar-refractivity contribution < 1.29 is 28.7 Å². The molecular weight excluding hydrogens is 507 g/mol. The van der Waals surface area contributed by atoms with Crippen molar-refractivity contribution in [2.45, 2.75) is 167 Å². The highest BCUT2D eigenvalue weighted by Crippen LogP contribution is 2.30. The van der Waals surface area contributed by atoms with Gasteiger partial charge in [-0.2, -0.15) is 0 Å². The summed E-state index contributed by atoms with van der Waals surface area (Å²) in [6, 6.07) is 0. The molecule has 0 heterocycles. The summed E-state index contributed by atoms with van der Waals surface area (Å²) in [6.07, 6.45) is 22.2. The topological polar surface area (TPSA) is 82.1 Å². The second-order valence-corrected chi connectivity index (χ2v) is 12.0. The van der Waals surface area contributed by atoms with Gasteiger partial charge in [0.15, 0.2) is 6.29 Å². The number of hydrogen-bond donors (Lipinski definition) is 2. The summed E-state index contributed by atoms with van der Waals surface area (Å²) in [5.74, 6) is -0.519. The van der Waals surface area contributed by atoms with E-state index in [0.717, 1.165) is 6.42 Å². The van der Waals surface area contributed by atoms with Crippen molar-refractivity contribution in [1.29, 1.82) is 0 Å². The molecule has 6 nitrogen and oxygen atoms in total. The van der Waals surface area contributed by atoms with Gasteiger partial charge in [-0.05, 0) is 25.7 Å². The van der Waals surface area contributed by atoms with Crippen LogP contribution in [0.3, 0.4) is 0 Å². The molecule has 0 spiro atoms. The lowest BCUT2D eigenvalue weighted by molar-refractivity contribution is -0.258. The molecule has 0 aromatic rings. The first-order valence-corrected chi connectivity index (χ1v) is 16.8. The Morgan fingerprint density at radius 3 is 1.68 bits per heavy atom. The summed E-state index contributed by atoms with van der Waals surface area (Å²) in [7, 11) is -1.95. The standard InChI is InChI=1S/C29H59O6PS/c1-5-9-11-13-15-17-19-21-23-25(22-20-18-16-14-12-10-6-2)24-27(37)34-26(7-3)35-29(31,36-32)28(30)33-8-4/h25-27,31,37H,5-24,36H2,1-4H3. The van der Waals surface area contributed by atoms with E-state index in [-0.39, 0.29) is 12.0 Å². The number of esters is 1. The Labute approximate surface area is 235 Å². The van der Waals surface area contributed by atoms with Gasteiger partial charge in [0.05, 0.1) is 6.61 Å². The Kier molecular flexibility index (Phi) is 24.9. The van der Waals surface area contributed by atoms with Gasteiger partial charge in [0.1, 0.15) is 13.9 Å². The highest BCUT2D eigenvalue weighted by molar-refractivity contribution is 7.80. The predicted octanol–water partition coefficient (Wildman–Crippen LogP) is 8.65. The molecule has 8 heteroatoms. The predicted molar refractivity (Wildman–Crippen MR) is 159 cm³/mol. The van der Waals surface area contributed by atoms with Crippen LogP contribution < -0.4 is 0 Å². The van der Waals surface area contributed by atoms with Crippen molar-refractivity contribution in [2.24, 2.45) is 5.92 Å². The van der Waals surface area contributed by atoms with Gasteiger partial charge in [-0.15, -0.1) is 12.6 Å². The molecule has 0 bridgehead atoms. The SMILES string of the molecule is CCCCCCCCCCC(CCCCCCCCC)CC(S)OC(CC)OC(O)([PH2]=O)C(=O)OCC. The van der Waals surface area contributed by atoms with Crippen LogP contribution in [-0.4, -0.2) is 34.9 Å². The zero-order valence-corrected chi connectivity index (χ0v) is 26.4. The Hall–Kier alpha value is -0.0700. The smallest absolute Gasteiger partial charge is 0.374 e. The number of carbonyl (C=O) groups excluding carboxylic acids is 1. The maximum Gasteiger partial charge on any atom is 0.374 e. The molecule has 0 saturated heterocycles. The minimum Gasteiger partial charge on any atom is -0.462 e. The quantitative estimate of drug-likeness (QED) is 0.0340. The first kappa shape index (κ1) is 36.9. The maximum atomic E-state index is 12.0. The van der Waals surface area contributed by atoms with Crippen molar-refractivity contribution in [3.8, 4) is 0 Å². The van der Waals surface area contributed by atoms with Crippen molar-refractivity contribution in [2.75, 3.05) is 6.61 Å². The lowest BCUT2D eigenvalue weighted by Crippen LogP contribution is -2.42. The first-order chi connectivity index (χ1) is 17.9. The molecule has 0 aliphatic heterocycles. The van der Waals surface area contributed by atoms with E-state index in [2.05, 4.69) is 26.5 Å². The van der Waals surface area contributed by atoms with Crippen LogP contribution in [0.4, 0.5) is 0 Å². The minimum atomic E-state index is -2.46. The van der Waals surface area contributed by atoms with Gasteiger partial charge in [-0.25, -0.2) is 4.79 Å². The zero-order valence-electron chi connectivity index (χ0n) is 24.4. The van der Waals surface area contributed by atoms with Gasteiger partial charge >= 0.3 is 11.5 Å². The molecule has 0 aliphatic carbocycles. The van der Waals surface area contributed by atoms with E-state index in [1.165, 1.54) is 109 Å². The van der Waals surface area contributed by atoms with Crippen LogP contribution in [0.1, 0.15) is 150 Å². The van der Waals surface area contributed by atoms with Crippen LogP contribution in [0, 0.1) is 5.92 Å². The number of unbranched alkanes of at least 4 members (excludes halogenated alkanes) is 13. The molecule has 0 aromatic heterocycles. The van der Waals surface area contributed by atoms with Gasteiger partial charge in [0.2, 0.25) is 0 Å². The van der Waals surface area contributed by atoms with E-state index in [9.17, 15) is 14.5 Å². The van der Waals surface area contributed by atoms with E-state index in [1.54, 1.807) is 6.92 Å². The maximum absolute atomic E-state index is 12.0. The molecule has 5 unspecified atom stereocenters. The van der Waals surface area contributed by atoms with Gasteiger partial charge in [-0.3, -0.25) is 0 Å². The third-order valence-electron chi connectivity index (χ3n) is 6.90. The fraction of sp³-hybridized carbons (Fsp3) is 0.966. The molecular formula is C29H59O6PS. The Morgan fingerprint density at radius 2 is 1.27 bits per heavy atom. The summed E-state index contributed by atoms with van der Waals surface area (Å²) in [4.78, 5) is 12.0. The summed E-state index contributed by atoms with van der Waals surface area (Å²) >= 11 is 4.68. The summed E-state index contributed by atoms with van der Waals surface area (Å²) in [5.41, 5.74) is -2.85. The second-order valence-electron chi connectivity index (χ2n) is 10.4. The molecule has 37 heavy (non-hydrogen) atoms. The van der Waals surface area contributed by atoms with Crippen LogP contribution in [-0.2, 0) is 23.6 Å². The Bertz CT molecular complexity index is 552. The van der Waals surface area contributed by atoms with E-state index < -0.39 is 26.2 Å². The zero-order chi connectivity index (χ0) is 27.8. The molecule has 5 atom stereocenters. The first-order valence-electron chi connectivity index (χ1n) is 15.2. The number of thiol groups is 1. The van der Waals surface area contributed by atoms with E-state index in [0.29, 0.717) is 12.3 Å². The molecule has 0 fully saturated rings. The van der Waals surface area contributed by atoms with Crippen molar-refractivity contribution in [3.63, 3.8) is 0 Å². The van der Waals surface area contributed by atoms with Gasteiger partial charge in [0, 0.05) is 0 Å². The third kappa shape index (κ3) is 19.6. The van der Waals surface area contributed by atoms with Crippen LogP contribution in [0.15, 0.2) is 0 Å². The molecule has 0 aromatic carbocycles. The van der Waals surface area contributed by atoms with Crippen LogP contribution in [0.25, 0.3) is 0 Å². The summed E-state index contributed by atoms with van der Waals surface area (Å²) in [5, 5.41) is 10.4. The molecule has 0 aliphatic rings. The summed E-state index contributed by atoms with van der Waals surface area (Å²) < 4.78 is 27.8. The normalized spacial score (nSPS) is 16.1. The van der Waals surface area contributed by atoms with E-state index >= 15 is 0 Å². The third-order valence-corrected chi connectivity index (χ3v) is 7.92. The van der Waals surface area contributed by atoms with Gasteiger partial charge in [-0.1, -0.05) is 130 Å². The van der Waals surface area contributed by atoms with Crippen molar-refractivity contribution in [1.82, 2.24) is 0 Å². The molecule has 0 amide bonds. The fourth-order valence-electron chi connectivity index (χ4n) is 4.62. The highest BCUT2D eigenvalue weighted by atomic mass is 32.1. The second kappa shape index (κ2) is 24.9. The fourth-order valence-corrected chi connectivity index (χ4v) is 5.44. The molecule has 1 N–H and O–H groups in total. The lowest BCUT2D eigenvalue weighted by atomic mass is 9.91. The largest absolute Gasteiger partial charge is 0.462 e. The molecule has 0 rings (SSSR count). The monoisotopic (exact) mass is 566 g/mol. The van der Waals surface area contributed by atoms with Crippen molar-refractivity contribution in [3.05, 3.63) is 0 Å². The molecule has 222 valence electrons. The van der Waals surface area contributed by atoms with E-state index in [4.69, 9.17) is 14.2 Å². The van der Waals surface area contributed by atoms with Crippen LogP contribution in [0.2, 0.25) is 0 Å². The van der Waals surface area contributed by atoms with Crippen LogP contribution in [0.5, 0.6) is 0 Å². The number of carbonyl (C=O) groups is 1. The molecule has 0 saturated carbocycles. The highest BCUT2D eigenvalue weighted by Gasteiger charge is 2.41. The van der Waals surface area contributed by atoms with Crippen molar-refractivity contribution >= 4 is 27.1 Å². The van der Waals surface area contributed by atoms with Crippen LogP contribution >= 0.6 is 21.1 Å². The average molecular weight is 567 g/mol. The Morgan fingerprint density at radius 1 is 0.811 bits per heavy atom. The number of hydrogen-bond acceptors (Lipinski definition) is 7. The summed E-state index contributed by atoms with van der Waals surface area (Å²) in [6.45, 7) is 8.01. The number of rotatable bonds is 27. The number of ether oxygens (including phenoxy) is 3. The number of aliphatic hydroxyl groups is 1. The lowest BCUT2D eigenvalue weighted by Gasteiger charge is -2.29. The minimum absolute atomic E-state index is 0.0653. The average Bonchev–Trinajstić information content (AvgIpc) is 2.88. The van der Waals surface area contributed by atoms with Gasteiger partial charge < -0.3 is 23.9 Å². The van der Waals surface area contributed by atoms with E-state index in [1.807, 2.05) is 6.92 Å². The van der Waals surface area contributed by atoms with Gasteiger partial charge in [0.25, 0.3) is 0 Å². The molecule has 0 radical (unpaired) electrons. The Balaban J connectivity index is 4.72.